The van der Waals surface area contributed by atoms with E-state index in [1.165, 1.54) is 12.1 Å². The minimum atomic E-state index is -1.22. The van der Waals surface area contributed by atoms with Crippen molar-refractivity contribution in [3.63, 3.8) is 0 Å². The molecule has 6 rings (SSSR count). The van der Waals surface area contributed by atoms with Gasteiger partial charge in [-0.3, -0.25) is 0 Å². The second-order valence-corrected chi connectivity index (χ2v) is 9.45. The number of ether oxygens (including phenoxy) is 1. The molecular weight excluding hydrogens is 343 g/mol. The number of hydrogen-bond donors (Lipinski definition) is 1. The largest absolute Gasteiger partial charge is 0.489 e. The summed E-state index contributed by atoms with van der Waals surface area (Å²) in [5.41, 5.74) is 0.618. The molecule has 1 N–H and O–H groups in total. The number of carbonyl (C=O) groups is 1. The first-order chi connectivity index (χ1) is 11.9. The van der Waals surface area contributed by atoms with Crippen LogP contribution in [0.4, 0.5) is 4.39 Å². The van der Waals surface area contributed by atoms with Crippen LogP contribution < -0.4 is 4.74 Å². The number of aromatic carboxylic acids is 1. The highest BCUT2D eigenvalue weighted by Crippen LogP contribution is 2.59. The third-order valence-electron chi connectivity index (χ3n) is 6.72. The molecule has 2 atom stereocenters. The highest BCUT2D eigenvalue weighted by molar-refractivity contribution is 6.24. The summed E-state index contributed by atoms with van der Waals surface area (Å²) in [7, 11) is 0. The summed E-state index contributed by atoms with van der Waals surface area (Å²) >= 11 is 6.79. The summed E-state index contributed by atoms with van der Waals surface area (Å²) in [5.74, 6) is 0.546. The molecule has 1 aromatic rings. The number of halogens is 2. The molecule has 0 amide bonds. The van der Waals surface area contributed by atoms with Gasteiger partial charge < -0.3 is 9.84 Å². The molecule has 0 saturated heterocycles. The Labute approximate surface area is 151 Å². The second kappa shape index (κ2) is 5.35. The minimum absolute atomic E-state index is 0.0475. The van der Waals surface area contributed by atoms with Crippen LogP contribution >= 0.6 is 11.6 Å². The lowest BCUT2D eigenvalue weighted by atomic mass is 9.54. The quantitative estimate of drug-likeness (QED) is 0.767. The van der Waals surface area contributed by atoms with E-state index in [-0.39, 0.29) is 16.5 Å². The Balaban J connectivity index is 1.46. The van der Waals surface area contributed by atoms with Crippen LogP contribution in [0, 0.1) is 23.6 Å². The predicted octanol–water partition coefficient (Wildman–Crippen LogP) is 4.97. The van der Waals surface area contributed by atoms with Gasteiger partial charge >= 0.3 is 5.97 Å². The highest BCUT2D eigenvalue weighted by Gasteiger charge is 2.55. The number of hydrogen-bond acceptors (Lipinski definition) is 2. The molecule has 5 heteroatoms. The molecular formula is C20H22ClFO3. The van der Waals surface area contributed by atoms with Crippen LogP contribution in [-0.2, 0) is 0 Å². The van der Waals surface area contributed by atoms with Crippen LogP contribution in [0.25, 0.3) is 0 Å². The van der Waals surface area contributed by atoms with Crippen LogP contribution in [0.2, 0.25) is 0 Å². The maximum atomic E-state index is 14.3. The topological polar surface area (TPSA) is 46.5 Å². The molecule has 25 heavy (non-hydrogen) atoms. The van der Waals surface area contributed by atoms with E-state index in [0.717, 1.165) is 50.5 Å². The van der Waals surface area contributed by atoms with E-state index in [1.807, 2.05) is 0 Å². The molecule has 5 saturated carbocycles. The molecule has 5 fully saturated rings. The minimum Gasteiger partial charge on any atom is -0.489 e. The van der Waals surface area contributed by atoms with Crippen molar-refractivity contribution in [1.29, 1.82) is 0 Å². The van der Waals surface area contributed by atoms with E-state index in [2.05, 4.69) is 0 Å². The fraction of sp³-hybridized carbons (Fsp3) is 0.650. The van der Waals surface area contributed by atoms with Crippen molar-refractivity contribution in [3.8, 4) is 5.75 Å². The zero-order valence-electron chi connectivity index (χ0n) is 14.0. The second-order valence-electron chi connectivity index (χ2n) is 8.65. The molecule has 0 heterocycles. The zero-order chi connectivity index (χ0) is 17.3. The van der Waals surface area contributed by atoms with Gasteiger partial charge in [0.2, 0.25) is 0 Å². The third-order valence-corrected chi connectivity index (χ3v) is 7.18. The van der Waals surface area contributed by atoms with Crippen molar-refractivity contribution in [2.45, 2.75) is 61.8 Å². The molecule has 3 nitrogen and oxygen atoms in total. The maximum absolute atomic E-state index is 14.3. The summed E-state index contributed by atoms with van der Waals surface area (Å²) in [6.07, 6.45) is 7.55. The first kappa shape index (κ1) is 15.9. The Morgan fingerprint density at radius 3 is 2.44 bits per heavy atom. The average molecular weight is 365 g/mol. The summed E-state index contributed by atoms with van der Waals surface area (Å²) in [5, 5.41) is 9.20. The number of alkyl halides is 1. The van der Waals surface area contributed by atoms with Crippen molar-refractivity contribution in [1.82, 2.24) is 0 Å². The molecule has 1 aromatic carbocycles. The molecule has 4 bridgehead atoms. The van der Waals surface area contributed by atoms with Crippen LogP contribution in [0.15, 0.2) is 12.1 Å². The molecule has 0 spiro atoms. The van der Waals surface area contributed by atoms with Gasteiger partial charge in [0.1, 0.15) is 17.7 Å². The van der Waals surface area contributed by atoms with Crippen molar-refractivity contribution in [2.24, 2.45) is 17.8 Å². The number of carboxylic acid groups (broad SMARTS) is 1. The Kier molecular flexibility index (Phi) is 3.41. The number of benzene rings is 1. The highest BCUT2D eigenvalue weighted by atomic mass is 35.5. The van der Waals surface area contributed by atoms with Gasteiger partial charge in [-0.1, -0.05) is 0 Å². The molecule has 0 aliphatic heterocycles. The summed E-state index contributed by atoms with van der Waals surface area (Å²) in [6.45, 7) is 0. The smallest absolute Gasteiger partial charge is 0.338 e. The summed E-state index contributed by atoms with van der Waals surface area (Å²) in [4.78, 5) is 11.2. The molecule has 2 unspecified atom stereocenters. The van der Waals surface area contributed by atoms with Crippen molar-refractivity contribution >= 4 is 17.6 Å². The van der Waals surface area contributed by atoms with Gasteiger partial charge in [-0.05, 0) is 80.2 Å². The lowest BCUT2D eigenvalue weighted by Crippen LogP contribution is -2.56. The Morgan fingerprint density at radius 2 is 1.88 bits per heavy atom. The van der Waals surface area contributed by atoms with Crippen LogP contribution in [0.5, 0.6) is 5.75 Å². The van der Waals surface area contributed by atoms with Gasteiger partial charge in [-0.25, -0.2) is 9.18 Å². The van der Waals surface area contributed by atoms with Crippen molar-refractivity contribution in [2.75, 3.05) is 0 Å². The Morgan fingerprint density at radius 1 is 1.20 bits per heavy atom. The fourth-order valence-electron chi connectivity index (χ4n) is 5.77. The van der Waals surface area contributed by atoms with E-state index < -0.39 is 11.8 Å². The first-order valence-electron chi connectivity index (χ1n) is 9.34. The SMILES string of the molecule is O=C(O)c1cc(C2CC2)c(O[C@H]2C3CC4CC2C[C@](Cl)(C4)C3)cc1F. The van der Waals surface area contributed by atoms with E-state index >= 15 is 0 Å². The van der Waals surface area contributed by atoms with Gasteiger partial charge in [-0.2, -0.15) is 0 Å². The van der Waals surface area contributed by atoms with Gasteiger partial charge in [0.15, 0.2) is 0 Å². The Bertz CT molecular complexity index is 729. The first-order valence-corrected chi connectivity index (χ1v) is 9.72. The normalized spacial score (nSPS) is 38.8. The van der Waals surface area contributed by atoms with E-state index in [9.17, 15) is 14.3 Å². The van der Waals surface area contributed by atoms with Crippen LogP contribution in [0.1, 0.15) is 66.8 Å². The summed E-state index contributed by atoms with van der Waals surface area (Å²) < 4.78 is 20.6. The Hall–Kier alpha value is -1.29. The van der Waals surface area contributed by atoms with Gasteiger partial charge in [0.05, 0.1) is 5.56 Å². The lowest BCUT2D eigenvalue weighted by molar-refractivity contribution is -0.0700. The van der Waals surface area contributed by atoms with Gasteiger partial charge in [0.25, 0.3) is 0 Å². The monoisotopic (exact) mass is 364 g/mol. The maximum Gasteiger partial charge on any atom is 0.338 e. The number of rotatable bonds is 4. The van der Waals surface area contributed by atoms with Crippen molar-refractivity contribution < 1.29 is 19.0 Å². The van der Waals surface area contributed by atoms with Crippen molar-refractivity contribution in [3.05, 3.63) is 29.1 Å². The lowest BCUT2D eigenvalue weighted by Gasteiger charge is -2.57. The van der Waals surface area contributed by atoms with Gasteiger partial charge in [0, 0.05) is 10.9 Å². The van der Waals surface area contributed by atoms with E-state index in [4.69, 9.17) is 16.3 Å². The summed E-state index contributed by atoms with van der Waals surface area (Å²) in [6, 6.07) is 2.79. The van der Waals surface area contributed by atoms with E-state index in [1.54, 1.807) is 0 Å². The molecule has 5 aliphatic rings. The molecule has 0 radical (unpaired) electrons. The third kappa shape index (κ3) is 2.64. The molecule has 5 aliphatic carbocycles. The fourth-order valence-corrected chi connectivity index (χ4v) is 6.38. The standard InChI is InChI=1S/C20H22ClFO3/c21-20-7-10-3-12(8-20)18(13(4-10)9-20)25-17-6-16(22)15(19(23)24)5-14(17)11-1-2-11/h5-6,10-13,18H,1-4,7-9H2,(H,23,24)/t10?,12?,13?,18-,20-. The molecule has 0 aromatic heterocycles. The number of carboxylic acids is 1. The molecule has 134 valence electrons. The van der Waals surface area contributed by atoms with E-state index in [0.29, 0.717) is 29.4 Å². The van der Waals surface area contributed by atoms with Crippen LogP contribution in [-0.4, -0.2) is 22.1 Å². The predicted molar refractivity (Wildman–Crippen MR) is 91.9 cm³/mol. The van der Waals surface area contributed by atoms with Crippen LogP contribution in [0.3, 0.4) is 0 Å². The zero-order valence-corrected chi connectivity index (χ0v) is 14.8. The van der Waals surface area contributed by atoms with Gasteiger partial charge in [-0.15, -0.1) is 11.6 Å². The average Bonchev–Trinajstić information content (AvgIpc) is 3.33.